The third-order valence-electron chi connectivity index (χ3n) is 2.45. The molecule has 0 heterocycles. The van der Waals surface area contributed by atoms with Crippen molar-refractivity contribution in [1.82, 2.24) is 0 Å². The van der Waals surface area contributed by atoms with Crippen molar-refractivity contribution >= 4 is 5.69 Å². The van der Waals surface area contributed by atoms with E-state index in [1.807, 2.05) is 0 Å². The first-order valence-corrected chi connectivity index (χ1v) is 5.06. The maximum Gasteiger partial charge on any atom is 0.126 e. The summed E-state index contributed by atoms with van der Waals surface area (Å²) in [5.41, 5.74) is 6.78. The van der Waals surface area contributed by atoms with Crippen LogP contribution in [0.4, 0.5) is 14.5 Å². The van der Waals surface area contributed by atoms with E-state index in [4.69, 9.17) is 5.73 Å². The second-order valence-electron chi connectivity index (χ2n) is 3.77. The number of halogens is 2. The fraction of sp³-hybridized carbons (Fsp3) is 0.0769. The minimum absolute atomic E-state index is 0.173. The molecule has 0 radical (unpaired) electrons. The van der Waals surface area contributed by atoms with Gasteiger partial charge in [0.05, 0.1) is 0 Å². The van der Waals surface area contributed by atoms with Crippen molar-refractivity contribution in [1.29, 1.82) is 0 Å². The maximum atomic E-state index is 13.0. The summed E-state index contributed by atoms with van der Waals surface area (Å²) >= 11 is 0. The van der Waals surface area contributed by atoms with Gasteiger partial charge in [-0.2, -0.15) is 0 Å². The molecule has 2 rings (SSSR count). The largest absolute Gasteiger partial charge is 0.399 e. The Balaban J connectivity index is 2.36. The van der Waals surface area contributed by atoms with Gasteiger partial charge >= 0.3 is 0 Å². The molecule has 3 N–H and O–H groups in total. The van der Waals surface area contributed by atoms with Gasteiger partial charge in [-0.15, -0.1) is 0 Å². The van der Waals surface area contributed by atoms with E-state index in [1.165, 1.54) is 0 Å². The van der Waals surface area contributed by atoms with Crippen LogP contribution in [-0.4, -0.2) is 5.11 Å². The molecule has 0 aromatic heterocycles. The van der Waals surface area contributed by atoms with Crippen LogP contribution >= 0.6 is 0 Å². The monoisotopic (exact) mass is 235 g/mol. The van der Waals surface area contributed by atoms with Gasteiger partial charge < -0.3 is 10.8 Å². The van der Waals surface area contributed by atoms with Gasteiger partial charge in [0.1, 0.15) is 17.7 Å². The smallest absolute Gasteiger partial charge is 0.126 e. The molecule has 0 bridgehead atoms. The summed E-state index contributed by atoms with van der Waals surface area (Å²) in [7, 11) is 0. The molecule has 1 atom stereocenters. The zero-order valence-corrected chi connectivity index (χ0v) is 8.90. The van der Waals surface area contributed by atoms with Gasteiger partial charge in [0.2, 0.25) is 0 Å². The Morgan fingerprint density at radius 3 is 1.94 bits per heavy atom. The number of rotatable bonds is 2. The standard InChI is InChI=1S/C13H11F2NO/c14-10-5-9(6-11(15)7-10)13(17)8-1-3-12(16)4-2-8/h1-7,13,17H,16H2. The van der Waals surface area contributed by atoms with E-state index in [1.54, 1.807) is 24.3 Å². The molecule has 0 saturated heterocycles. The van der Waals surface area contributed by atoms with E-state index in [9.17, 15) is 13.9 Å². The minimum atomic E-state index is -1.07. The first kappa shape index (κ1) is 11.5. The summed E-state index contributed by atoms with van der Waals surface area (Å²) in [5, 5.41) is 9.96. The first-order valence-electron chi connectivity index (χ1n) is 5.06. The van der Waals surface area contributed by atoms with Crippen LogP contribution in [0, 0.1) is 11.6 Å². The topological polar surface area (TPSA) is 46.2 Å². The number of nitrogen functional groups attached to an aromatic ring is 1. The molecular formula is C13H11F2NO. The number of hydrogen-bond acceptors (Lipinski definition) is 2. The van der Waals surface area contributed by atoms with E-state index in [-0.39, 0.29) is 5.56 Å². The number of hydrogen-bond donors (Lipinski definition) is 2. The average molecular weight is 235 g/mol. The Labute approximate surface area is 97.3 Å². The molecule has 2 nitrogen and oxygen atoms in total. The molecule has 17 heavy (non-hydrogen) atoms. The number of benzene rings is 2. The van der Waals surface area contributed by atoms with Gasteiger partial charge in [-0.1, -0.05) is 12.1 Å². The van der Waals surface area contributed by atoms with E-state index >= 15 is 0 Å². The molecule has 1 unspecified atom stereocenters. The fourth-order valence-corrected chi connectivity index (χ4v) is 1.60. The maximum absolute atomic E-state index is 13.0. The molecule has 0 aliphatic heterocycles. The van der Waals surface area contributed by atoms with Crippen molar-refractivity contribution in [2.45, 2.75) is 6.10 Å². The van der Waals surface area contributed by atoms with Crippen LogP contribution < -0.4 is 5.73 Å². The summed E-state index contributed by atoms with van der Waals surface area (Å²) in [6, 6.07) is 9.43. The van der Waals surface area contributed by atoms with Crippen molar-refractivity contribution in [3.05, 3.63) is 65.2 Å². The summed E-state index contributed by atoms with van der Waals surface area (Å²) in [5.74, 6) is -1.43. The highest BCUT2D eigenvalue weighted by Crippen LogP contribution is 2.24. The number of aliphatic hydroxyl groups excluding tert-OH is 1. The Kier molecular flexibility index (Phi) is 3.06. The van der Waals surface area contributed by atoms with Crippen LogP contribution in [0.1, 0.15) is 17.2 Å². The molecule has 0 spiro atoms. The van der Waals surface area contributed by atoms with Crippen LogP contribution in [0.5, 0.6) is 0 Å². The van der Waals surface area contributed by atoms with Gasteiger partial charge in [-0.3, -0.25) is 0 Å². The van der Waals surface area contributed by atoms with Gasteiger partial charge in [0.15, 0.2) is 0 Å². The third-order valence-corrected chi connectivity index (χ3v) is 2.45. The second kappa shape index (κ2) is 4.51. The van der Waals surface area contributed by atoms with Crippen molar-refractivity contribution in [3.8, 4) is 0 Å². The Morgan fingerprint density at radius 1 is 0.882 bits per heavy atom. The Morgan fingerprint density at radius 2 is 1.41 bits per heavy atom. The van der Waals surface area contributed by atoms with Crippen LogP contribution in [0.25, 0.3) is 0 Å². The molecule has 0 aliphatic carbocycles. The molecular weight excluding hydrogens is 224 g/mol. The fourth-order valence-electron chi connectivity index (χ4n) is 1.60. The van der Waals surface area contributed by atoms with Gasteiger partial charge in [-0.05, 0) is 35.4 Å². The predicted molar refractivity (Wildman–Crippen MR) is 61.3 cm³/mol. The zero-order valence-electron chi connectivity index (χ0n) is 8.90. The quantitative estimate of drug-likeness (QED) is 0.786. The lowest BCUT2D eigenvalue weighted by molar-refractivity contribution is 0.219. The minimum Gasteiger partial charge on any atom is -0.399 e. The van der Waals surface area contributed by atoms with Gasteiger partial charge in [0.25, 0.3) is 0 Å². The normalized spacial score (nSPS) is 12.4. The lowest BCUT2D eigenvalue weighted by atomic mass is 10.0. The van der Waals surface area contributed by atoms with Crippen LogP contribution in [-0.2, 0) is 0 Å². The lowest BCUT2D eigenvalue weighted by Gasteiger charge is -2.12. The highest BCUT2D eigenvalue weighted by Gasteiger charge is 2.12. The van der Waals surface area contributed by atoms with Crippen molar-refractivity contribution in [2.75, 3.05) is 5.73 Å². The van der Waals surface area contributed by atoms with Crippen molar-refractivity contribution in [2.24, 2.45) is 0 Å². The van der Waals surface area contributed by atoms with Crippen molar-refractivity contribution in [3.63, 3.8) is 0 Å². The molecule has 0 amide bonds. The third kappa shape index (κ3) is 2.60. The molecule has 0 fully saturated rings. The van der Waals surface area contributed by atoms with Crippen LogP contribution in [0.2, 0.25) is 0 Å². The number of anilines is 1. The molecule has 0 saturated carbocycles. The van der Waals surface area contributed by atoms with Crippen molar-refractivity contribution < 1.29 is 13.9 Å². The first-order chi connectivity index (χ1) is 8.06. The zero-order chi connectivity index (χ0) is 12.4. The lowest BCUT2D eigenvalue weighted by Crippen LogP contribution is -2.01. The van der Waals surface area contributed by atoms with Crippen LogP contribution in [0.15, 0.2) is 42.5 Å². The number of nitrogens with two attached hydrogens (primary N) is 1. The average Bonchev–Trinajstić information content (AvgIpc) is 2.28. The van der Waals surface area contributed by atoms with E-state index in [0.29, 0.717) is 11.3 Å². The van der Waals surface area contributed by atoms with Gasteiger partial charge in [-0.25, -0.2) is 8.78 Å². The summed E-state index contributed by atoms with van der Waals surface area (Å²) in [6.07, 6.45) is -1.07. The summed E-state index contributed by atoms with van der Waals surface area (Å²) in [4.78, 5) is 0. The van der Waals surface area contributed by atoms with E-state index < -0.39 is 17.7 Å². The predicted octanol–water partition coefficient (Wildman–Crippen LogP) is 2.63. The molecule has 2 aromatic rings. The second-order valence-corrected chi connectivity index (χ2v) is 3.77. The molecule has 2 aromatic carbocycles. The van der Waals surface area contributed by atoms with E-state index in [2.05, 4.69) is 0 Å². The summed E-state index contributed by atoms with van der Waals surface area (Å²) in [6.45, 7) is 0. The highest BCUT2D eigenvalue weighted by atomic mass is 19.1. The van der Waals surface area contributed by atoms with E-state index in [0.717, 1.165) is 18.2 Å². The summed E-state index contributed by atoms with van der Waals surface area (Å²) < 4.78 is 26.0. The van der Waals surface area contributed by atoms with Crippen LogP contribution in [0.3, 0.4) is 0 Å². The number of aliphatic hydroxyl groups is 1. The Bertz CT molecular complexity index is 505. The highest BCUT2D eigenvalue weighted by molar-refractivity contribution is 5.41. The molecule has 0 aliphatic rings. The Hall–Kier alpha value is -1.94. The molecule has 4 heteroatoms. The molecule has 88 valence electrons. The van der Waals surface area contributed by atoms with Gasteiger partial charge in [0, 0.05) is 11.8 Å². The SMILES string of the molecule is Nc1ccc(C(O)c2cc(F)cc(F)c2)cc1.